The van der Waals surface area contributed by atoms with Crippen LogP contribution in [0.15, 0.2) is 36.4 Å². The first-order valence-electron chi connectivity index (χ1n) is 8.00. The van der Waals surface area contributed by atoms with Crippen molar-refractivity contribution in [3.8, 4) is 0 Å². The fraction of sp³-hybridized carbons (Fsp3) is 0.222. The summed E-state index contributed by atoms with van der Waals surface area (Å²) in [6.07, 6.45) is 0.244. The van der Waals surface area contributed by atoms with Crippen molar-refractivity contribution in [2.75, 3.05) is 0 Å². The molecule has 26 heavy (non-hydrogen) atoms. The number of hydrogen-bond donors (Lipinski definition) is 0. The van der Waals surface area contributed by atoms with Crippen LogP contribution in [0.5, 0.6) is 0 Å². The van der Waals surface area contributed by atoms with E-state index in [0.29, 0.717) is 22.3 Å². The highest BCUT2D eigenvalue weighted by atomic mass is 16.6. The van der Waals surface area contributed by atoms with Gasteiger partial charge in [-0.05, 0) is 23.0 Å². The second-order valence-electron chi connectivity index (χ2n) is 6.52. The van der Waals surface area contributed by atoms with E-state index in [1.807, 2.05) is 0 Å². The largest absolute Gasteiger partial charge is 0.294 e. The molecule has 0 bridgehead atoms. The quantitative estimate of drug-likeness (QED) is 0.602. The smallest absolute Gasteiger partial charge is 0.270 e. The van der Waals surface area contributed by atoms with Crippen molar-refractivity contribution in [1.29, 1.82) is 0 Å². The van der Waals surface area contributed by atoms with Crippen LogP contribution in [0, 0.1) is 20.2 Å². The predicted octanol–water partition coefficient (Wildman–Crippen LogP) is 3.54. The van der Waals surface area contributed by atoms with E-state index in [2.05, 4.69) is 0 Å². The topological polar surface area (TPSA) is 120 Å². The molecule has 0 aromatic heterocycles. The molecule has 8 heteroatoms. The van der Waals surface area contributed by atoms with Crippen LogP contribution in [0.3, 0.4) is 0 Å². The van der Waals surface area contributed by atoms with E-state index in [4.69, 9.17) is 0 Å². The first-order chi connectivity index (χ1) is 12.4. The number of Topliss-reactive ketones (excluding diaryl/α,β-unsaturated/α-hetero) is 2. The molecule has 2 aliphatic carbocycles. The molecule has 0 saturated heterocycles. The van der Waals surface area contributed by atoms with Crippen LogP contribution in [0.2, 0.25) is 0 Å². The molecule has 2 aliphatic rings. The zero-order valence-electron chi connectivity index (χ0n) is 13.4. The fourth-order valence-electron chi connectivity index (χ4n) is 4.00. The van der Waals surface area contributed by atoms with E-state index < -0.39 is 9.85 Å². The number of carbonyl (C=O) groups excluding carboxylic acids is 2. The summed E-state index contributed by atoms with van der Waals surface area (Å²) >= 11 is 0. The normalized spacial score (nSPS) is 20.8. The highest BCUT2D eigenvalue weighted by molar-refractivity contribution is 6.04. The van der Waals surface area contributed by atoms with Crippen molar-refractivity contribution >= 4 is 22.9 Å². The zero-order valence-corrected chi connectivity index (χ0v) is 13.4. The molecular weight excluding hydrogens is 340 g/mol. The number of hydrogen-bond acceptors (Lipinski definition) is 6. The van der Waals surface area contributed by atoms with Crippen LogP contribution in [-0.4, -0.2) is 21.4 Å². The van der Waals surface area contributed by atoms with Gasteiger partial charge in [-0.2, -0.15) is 0 Å². The number of carbonyl (C=O) groups is 2. The Morgan fingerprint density at radius 2 is 1.12 bits per heavy atom. The zero-order chi connectivity index (χ0) is 18.6. The minimum atomic E-state index is -0.555. The predicted molar refractivity (Wildman–Crippen MR) is 89.6 cm³/mol. The summed E-state index contributed by atoms with van der Waals surface area (Å²) in [5.41, 5.74) is 1.53. The van der Waals surface area contributed by atoms with E-state index in [9.17, 15) is 29.8 Å². The second kappa shape index (κ2) is 5.55. The van der Waals surface area contributed by atoms with Gasteiger partial charge in [0, 0.05) is 48.2 Å². The third kappa shape index (κ3) is 2.30. The van der Waals surface area contributed by atoms with Gasteiger partial charge in [0.2, 0.25) is 0 Å². The number of fused-ring (bicyclic) bond motifs is 5. The van der Waals surface area contributed by atoms with Crippen LogP contribution >= 0.6 is 0 Å². The van der Waals surface area contributed by atoms with Gasteiger partial charge < -0.3 is 0 Å². The molecule has 2 aromatic rings. The third-order valence-corrected chi connectivity index (χ3v) is 5.19. The lowest BCUT2D eigenvalue weighted by Crippen LogP contribution is -2.30. The first-order valence-corrected chi connectivity index (χ1v) is 8.00. The summed E-state index contributed by atoms with van der Waals surface area (Å²) < 4.78 is 0. The molecular formula is C18H12N2O6. The van der Waals surface area contributed by atoms with Gasteiger partial charge in [0.15, 0.2) is 11.6 Å². The van der Waals surface area contributed by atoms with Crippen LogP contribution in [0.1, 0.15) is 56.5 Å². The maximum atomic E-state index is 12.6. The van der Waals surface area contributed by atoms with E-state index in [1.54, 1.807) is 12.1 Å². The number of ketones is 2. The molecule has 0 spiro atoms. The number of nitrogens with zero attached hydrogens (tertiary/aromatic N) is 2. The fourth-order valence-corrected chi connectivity index (χ4v) is 4.00. The molecule has 0 amide bonds. The van der Waals surface area contributed by atoms with Gasteiger partial charge in [0.05, 0.1) is 9.85 Å². The van der Waals surface area contributed by atoms with Gasteiger partial charge in [0.1, 0.15) is 0 Å². The van der Waals surface area contributed by atoms with E-state index in [1.165, 1.54) is 24.3 Å². The molecule has 0 fully saturated rings. The highest BCUT2D eigenvalue weighted by Gasteiger charge is 2.42. The Kier molecular flexibility index (Phi) is 3.43. The SMILES string of the molecule is O=C1CC2c3ccc([N+](=O)[O-])cc3C(=O)CC2c2ccc([N+](=O)[O-])cc21. The van der Waals surface area contributed by atoms with Gasteiger partial charge in [-0.3, -0.25) is 29.8 Å². The molecule has 130 valence electrons. The summed E-state index contributed by atoms with van der Waals surface area (Å²) in [7, 11) is 0. The van der Waals surface area contributed by atoms with Crippen molar-refractivity contribution in [1.82, 2.24) is 0 Å². The Morgan fingerprint density at radius 1 is 0.731 bits per heavy atom. The lowest BCUT2D eigenvalue weighted by atomic mass is 9.65. The molecule has 2 aromatic carbocycles. The Bertz CT molecular complexity index is 931. The summed E-state index contributed by atoms with van der Waals surface area (Å²) in [6, 6.07) is 8.31. The number of rotatable bonds is 2. The number of nitro groups is 2. The summed E-state index contributed by atoms with van der Waals surface area (Å²) in [5.74, 6) is -0.956. The molecule has 2 unspecified atom stereocenters. The molecule has 0 radical (unpaired) electrons. The molecule has 0 saturated carbocycles. The van der Waals surface area contributed by atoms with Crippen molar-refractivity contribution in [3.63, 3.8) is 0 Å². The highest BCUT2D eigenvalue weighted by Crippen LogP contribution is 2.49. The van der Waals surface area contributed by atoms with Crippen molar-refractivity contribution in [3.05, 3.63) is 78.9 Å². The standard InChI is InChI=1S/C18H12N2O6/c21-17-8-14-12-4-2-10(20(25)26)6-16(12)18(22)7-13(14)11-3-1-9(19(23)24)5-15(11)17/h1-6,13-14H,7-8H2. The van der Waals surface area contributed by atoms with Gasteiger partial charge >= 0.3 is 0 Å². The minimum absolute atomic E-state index is 0.122. The Hall–Kier alpha value is -3.42. The van der Waals surface area contributed by atoms with Crippen LogP contribution in [0.4, 0.5) is 11.4 Å². The average molecular weight is 352 g/mol. The van der Waals surface area contributed by atoms with Gasteiger partial charge in [0.25, 0.3) is 11.4 Å². The monoisotopic (exact) mass is 352 g/mol. The molecule has 0 N–H and O–H groups in total. The van der Waals surface area contributed by atoms with Crippen molar-refractivity contribution < 1.29 is 19.4 Å². The molecule has 8 nitrogen and oxygen atoms in total. The van der Waals surface area contributed by atoms with Crippen LogP contribution in [-0.2, 0) is 0 Å². The number of nitro benzene ring substituents is 2. The van der Waals surface area contributed by atoms with E-state index in [0.717, 1.165) is 0 Å². The average Bonchev–Trinajstić information content (AvgIpc) is 2.62. The molecule has 2 atom stereocenters. The Morgan fingerprint density at radius 3 is 1.46 bits per heavy atom. The molecule has 0 aliphatic heterocycles. The minimum Gasteiger partial charge on any atom is -0.294 e. The van der Waals surface area contributed by atoms with Crippen LogP contribution < -0.4 is 0 Å². The number of non-ortho nitro benzene ring substituents is 2. The van der Waals surface area contributed by atoms with Gasteiger partial charge in [-0.15, -0.1) is 0 Å². The van der Waals surface area contributed by atoms with E-state index in [-0.39, 0.29) is 47.6 Å². The van der Waals surface area contributed by atoms with Gasteiger partial charge in [-0.1, -0.05) is 12.1 Å². The van der Waals surface area contributed by atoms with Crippen molar-refractivity contribution in [2.45, 2.75) is 24.7 Å². The maximum Gasteiger partial charge on any atom is 0.270 e. The second-order valence-corrected chi connectivity index (χ2v) is 6.52. The van der Waals surface area contributed by atoms with Gasteiger partial charge in [-0.25, -0.2) is 0 Å². The molecule has 4 rings (SSSR count). The number of benzene rings is 2. The summed E-state index contributed by atoms with van der Waals surface area (Å²) in [6.45, 7) is 0. The molecule has 0 heterocycles. The summed E-state index contributed by atoms with van der Waals surface area (Å²) in [5, 5.41) is 21.9. The lowest BCUT2D eigenvalue weighted by Gasteiger charge is -2.37. The van der Waals surface area contributed by atoms with E-state index >= 15 is 0 Å². The van der Waals surface area contributed by atoms with Crippen LogP contribution in [0.25, 0.3) is 0 Å². The summed E-state index contributed by atoms with van der Waals surface area (Å²) in [4.78, 5) is 45.9. The Balaban J connectivity index is 1.84. The van der Waals surface area contributed by atoms with Crippen molar-refractivity contribution in [2.24, 2.45) is 0 Å². The third-order valence-electron chi connectivity index (χ3n) is 5.19. The lowest BCUT2D eigenvalue weighted by molar-refractivity contribution is -0.385. The Labute approximate surface area is 146 Å². The maximum absolute atomic E-state index is 12.6. The first kappa shape index (κ1) is 16.1.